The molecule has 1 aromatic heterocycles. The molecule has 5 nitrogen and oxygen atoms in total. The summed E-state index contributed by atoms with van der Waals surface area (Å²) < 4.78 is 7.77. The SMILES string of the molecule is Cc1cc(OCc2cn(-c3ccccc3)nc2C)ccc1CCC(=O)O. The Balaban J connectivity index is 1.67. The Morgan fingerprint density at radius 2 is 1.88 bits per heavy atom. The average molecular weight is 350 g/mol. The minimum atomic E-state index is -0.782. The molecule has 0 bridgehead atoms. The van der Waals surface area contributed by atoms with Crippen LogP contribution < -0.4 is 4.74 Å². The van der Waals surface area contributed by atoms with Gasteiger partial charge < -0.3 is 9.84 Å². The minimum absolute atomic E-state index is 0.138. The predicted octanol–water partition coefficient (Wildman–Crippen LogP) is 4.09. The van der Waals surface area contributed by atoms with Crippen molar-refractivity contribution in [1.29, 1.82) is 0 Å². The molecule has 0 aliphatic carbocycles. The van der Waals surface area contributed by atoms with E-state index in [0.717, 1.165) is 33.8 Å². The number of rotatable bonds is 7. The Labute approximate surface area is 152 Å². The van der Waals surface area contributed by atoms with Crippen LogP contribution in [-0.4, -0.2) is 20.9 Å². The molecule has 0 fully saturated rings. The number of aliphatic carboxylic acids is 1. The molecular formula is C21H22N2O3. The maximum Gasteiger partial charge on any atom is 0.303 e. The molecule has 3 aromatic rings. The van der Waals surface area contributed by atoms with Crippen molar-refractivity contribution in [3.8, 4) is 11.4 Å². The van der Waals surface area contributed by atoms with E-state index < -0.39 is 5.97 Å². The third-order valence-corrected chi connectivity index (χ3v) is 4.34. The van der Waals surface area contributed by atoms with Gasteiger partial charge in [-0.2, -0.15) is 5.10 Å². The highest BCUT2D eigenvalue weighted by Gasteiger charge is 2.08. The molecule has 0 aliphatic heterocycles. The number of carbonyl (C=O) groups is 1. The van der Waals surface area contributed by atoms with Crippen molar-refractivity contribution in [2.24, 2.45) is 0 Å². The predicted molar refractivity (Wildman–Crippen MR) is 99.8 cm³/mol. The fourth-order valence-electron chi connectivity index (χ4n) is 2.79. The van der Waals surface area contributed by atoms with Crippen molar-refractivity contribution in [1.82, 2.24) is 9.78 Å². The quantitative estimate of drug-likeness (QED) is 0.697. The van der Waals surface area contributed by atoms with Crippen LogP contribution in [0.25, 0.3) is 5.69 Å². The zero-order valence-corrected chi connectivity index (χ0v) is 15.0. The molecule has 0 aliphatic rings. The lowest BCUT2D eigenvalue weighted by Crippen LogP contribution is -2.00. The number of hydrogen-bond acceptors (Lipinski definition) is 3. The van der Waals surface area contributed by atoms with E-state index in [9.17, 15) is 4.79 Å². The van der Waals surface area contributed by atoms with Gasteiger partial charge in [0.1, 0.15) is 12.4 Å². The van der Waals surface area contributed by atoms with E-state index in [4.69, 9.17) is 9.84 Å². The number of benzene rings is 2. The highest BCUT2D eigenvalue weighted by Crippen LogP contribution is 2.20. The van der Waals surface area contributed by atoms with E-state index in [1.54, 1.807) is 0 Å². The van der Waals surface area contributed by atoms with Gasteiger partial charge in [-0.15, -0.1) is 0 Å². The van der Waals surface area contributed by atoms with E-state index in [2.05, 4.69) is 5.10 Å². The van der Waals surface area contributed by atoms with Crippen LogP contribution in [0.5, 0.6) is 5.75 Å². The van der Waals surface area contributed by atoms with Gasteiger partial charge in [0.05, 0.1) is 11.4 Å². The third-order valence-electron chi connectivity index (χ3n) is 4.34. The van der Waals surface area contributed by atoms with Crippen LogP contribution in [0.4, 0.5) is 0 Å². The molecule has 134 valence electrons. The average Bonchev–Trinajstić information content (AvgIpc) is 3.00. The van der Waals surface area contributed by atoms with Gasteiger partial charge in [-0.1, -0.05) is 24.3 Å². The highest BCUT2D eigenvalue weighted by molar-refractivity contribution is 5.67. The van der Waals surface area contributed by atoms with E-state index in [0.29, 0.717) is 13.0 Å². The van der Waals surface area contributed by atoms with Gasteiger partial charge in [-0.25, -0.2) is 4.68 Å². The Hall–Kier alpha value is -3.08. The maximum absolute atomic E-state index is 10.7. The lowest BCUT2D eigenvalue weighted by molar-refractivity contribution is -0.136. The Bertz CT molecular complexity index is 901. The third kappa shape index (κ3) is 4.30. The molecule has 0 atom stereocenters. The molecule has 3 rings (SSSR count). The van der Waals surface area contributed by atoms with Crippen LogP contribution in [0, 0.1) is 13.8 Å². The molecule has 1 N–H and O–H groups in total. The number of aryl methyl sites for hydroxylation is 3. The van der Waals surface area contributed by atoms with Crippen LogP contribution >= 0.6 is 0 Å². The molecule has 1 heterocycles. The number of para-hydroxylation sites is 1. The lowest BCUT2D eigenvalue weighted by Gasteiger charge is -2.09. The Morgan fingerprint density at radius 3 is 2.58 bits per heavy atom. The summed E-state index contributed by atoms with van der Waals surface area (Å²) in [5.74, 6) is -0.0101. The maximum atomic E-state index is 10.7. The fraction of sp³-hybridized carbons (Fsp3) is 0.238. The van der Waals surface area contributed by atoms with Gasteiger partial charge in [-0.3, -0.25) is 4.79 Å². The summed E-state index contributed by atoms with van der Waals surface area (Å²) in [6, 6.07) is 15.7. The number of carboxylic acids is 1. The molecule has 5 heteroatoms. The second-order valence-corrected chi connectivity index (χ2v) is 6.29. The van der Waals surface area contributed by atoms with Gasteiger partial charge in [0.25, 0.3) is 0 Å². The number of hydrogen-bond donors (Lipinski definition) is 1. The van der Waals surface area contributed by atoms with Crippen molar-refractivity contribution >= 4 is 5.97 Å². The van der Waals surface area contributed by atoms with Crippen LogP contribution in [0.1, 0.15) is 28.8 Å². The van der Waals surface area contributed by atoms with Gasteiger partial charge in [0, 0.05) is 18.2 Å². The summed E-state index contributed by atoms with van der Waals surface area (Å²) in [7, 11) is 0. The molecule has 0 radical (unpaired) electrons. The molecule has 26 heavy (non-hydrogen) atoms. The van der Waals surface area contributed by atoms with E-state index in [1.165, 1.54) is 0 Å². The normalized spacial score (nSPS) is 10.7. The molecule has 0 spiro atoms. The molecule has 2 aromatic carbocycles. The Morgan fingerprint density at radius 1 is 1.12 bits per heavy atom. The summed E-state index contributed by atoms with van der Waals surface area (Å²) in [5, 5.41) is 13.4. The monoisotopic (exact) mass is 350 g/mol. The van der Waals surface area contributed by atoms with Crippen LogP contribution in [-0.2, 0) is 17.8 Å². The fourth-order valence-corrected chi connectivity index (χ4v) is 2.79. The number of nitrogens with zero attached hydrogens (tertiary/aromatic N) is 2. The minimum Gasteiger partial charge on any atom is -0.489 e. The molecule has 0 saturated heterocycles. The zero-order chi connectivity index (χ0) is 18.5. The highest BCUT2D eigenvalue weighted by atomic mass is 16.5. The second kappa shape index (κ2) is 7.87. The molecule has 0 amide bonds. The standard InChI is InChI=1S/C21H22N2O3/c1-15-12-20(10-8-17(15)9-11-21(24)25)26-14-18-13-23(22-16(18)2)19-6-4-3-5-7-19/h3-8,10,12-13H,9,11,14H2,1-2H3,(H,24,25). The van der Waals surface area contributed by atoms with Gasteiger partial charge in [0.15, 0.2) is 0 Å². The van der Waals surface area contributed by atoms with E-state index in [1.807, 2.05) is 73.3 Å². The summed E-state index contributed by atoms with van der Waals surface area (Å²) >= 11 is 0. The van der Waals surface area contributed by atoms with Crippen LogP contribution in [0.3, 0.4) is 0 Å². The first-order valence-corrected chi connectivity index (χ1v) is 8.57. The Kier molecular flexibility index (Phi) is 5.37. The molecule has 0 unspecified atom stereocenters. The second-order valence-electron chi connectivity index (χ2n) is 6.29. The van der Waals surface area contributed by atoms with Gasteiger partial charge in [-0.05, 0) is 55.7 Å². The van der Waals surface area contributed by atoms with Gasteiger partial charge >= 0.3 is 5.97 Å². The van der Waals surface area contributed by atoms with Crippen molar-refractivity contribution in [2.45, 2.75) is 33.3 Å². The summed E-state index contributed by atoms with van der Waals surface area (Å²) in [6.07, 6.45) is 2.65. The summed E-state index contributed by atoms with van der Waals surface area (Å²) in [4.78, 5) is 10.7. The van der Waals surface area contributed by atoms with Crippen LogP contribution in [0.15, 0.2) is 54.7 Å². The largest absolute Gasteiger partial charge is 0.489 e. The number of ether oxygens (including phenoxy) is 1. The smallest absolute Gasteiger partial charge is 0.303 e. The lowest BCUT2D eigenvalue weighted by atomic mass is 10.0. The van der Waals surface area contributed by atoms with Crippen molar-refractivity contribution in [2.75, 3.05) is 0 Å². The van der Waals surface area contributed by atoms with Crippen molar-refractivity contribution < 1.29 is 14.6 Å². The van der Waals surface area contributed by atoms with Gasteiger partial charge in [0.2, 0.25) is 0 Å². The van der Waals surface area contributed by atoms with Crippen molar-refractivity contribution in [3.63, 3.8) is 0 Å². The number of aromatic nitrogens is 2. The topological polar surface area (TPSA) is 64.4 Å². The summed E-state index contributed by atoms with van der Waals surface area (Å²) in [6.45, 7) is 4.38. The van der Waals surface area contributed by atoms with E-state index >= 15 is 0 Å². The van der Waals surface area contributed by atoms with Crippen molar-refractivity contribution in [3.05, 3.63) is 77.1 Å². The van der Waals surface area contributed by atoms with E-state index in [-0.39, 0.29) is 6.42 Å². The molecular weight excluding hydrogens is 328 g/mol. The first-order chi connectivity index (χ1) is 12.5. The number of carboxylic acid groups (broad SMARTS) is 1. The van der Waals surface area contributed by atoms with Crippen LogP contribution in [0.2, 0.25) is 0 Å². The first kappa shape index (κ1) is 17.7. The molecule has 0 saturated carbocycles. The summed E-state index contributed by atoms with van der Waals surface area (Å²) in [5.41, 5.74) is 5.05. The first-order valence-electron chi connectivity index (χ1n) is 8.57. The zero-order valence-electron chi connectivity index (χ0n) is 15.0.